The molecule has 11 nitrogen and oxygen atoms in total. The standard InChI is InChI=1S/C32H48N4O7S/c1-10-20-18-32(20,28(38)35-44(40,41)21-14-12-11-13-15-21)34-26-24(42-26)23-22(19(2)3)16-17-36(23)27(37)25(30(4,5)6)33-29(39)43-31(7,8)9/h10-15,19-20,22-26,34H,1,16-18H2,2-9H3,(H,33,39)(H,35,38)/t20?,22-,23?,24?,25?,26?,32-/m1/s1. The Labute approximate surface area is 261 Å². The zero-order chi connectivity index (χ0) is 32.8. The number of rotatable bonds is 10. The van der Waals surface area contributed by atoms with Crippen LogP contribution in [0, 0.1) is 23.2 Å². The molecule has 44 heavy (non-hydrogen) atoms. The van der Waals surface area contributed by atoms with Gasteiger partial charge in [-0.3, -0.25) is 14.9 Å². The van der Waals surface area contributed by atoms with Gasteiger partial charge < -0.3 is 19.7 Å². The lowest BCUT2D eigenvalue weighted by Gasteiger charge is -2.37. The average Bonchev–Trinajstić information content (AvgIpc) is 3.79. The van der Waals surface area contributed by atoms with E-state index in [1.807, 2.05) is 20.8 Å². The molecule has 1 aliphatic carbocycles. The van der Waals surface area contributed by atoms with E-state index >= 15 is 0 Å². The molecule has 0 radical (unpaired) electrons. The van der Waals surface area contributed by atoms with E-state index in [9.17, 15) is 22.8 Å². The summed E-state index contributed by atoms with van der Waals surface area (Å²) >= 11 is 0. The quantitative estimate of drug-likeness (QED) is 0.262. The maximum atomic E-state index is 14.1. The fourth-order valence-corrected chi connectivity index (χ4v) is 7.23. The van der Waals surface area contributed by atoms with Gasteiger partial charge in [-0.2, -0.15) is 0 Å². The highest BCUT2D eigenvalue weighted by atomic mass is 32.2. The molecular formula is C32H48N4O7S. The van der Waals surface area contributed by atoms with E-state index < -0.39 is 57.0 Å². The first-order valence-corrected chi connectivity index (χ1v) is 16.8. The van der Waals surface area contributed by atoms with E-state index in [-0.39, 0.29) is 34.6 Å². The van der Waals surface area contributed by atoms with Crippen molar-refractivity contribution < 1.29 is 32.3 Å². The number of ether oxygens (including phenoxy) is 2. The molecule has 5 unspecified atom stereocenters. The number of carbonyl (C=O) groups excluding carboxylic acids is 3. The van der Waals surface area contributed by atoms with Gasteiger partial charge in [0.1, 0.15) is 29.5 Å². The Balaban J connectivity index is 1.52. The van der Waals surface area contributed by atoms with Gasteiger partial charge in [0.15, 0.2) is 0 Å². The van der Waals surface area contributed by atoms with E-state index in [0.29, 0.717) is 13.0 Å². The molecule has 2 aliphatic heterocycles. The number of benzene rings is 1. The third-order valence-electron chi connectivity index (χ3n) is 8.66. The van der Waals surface area contributed by atoms with Crippen molar-refractivity contribution in [3.05, 3.63) is 43.0 Å². The van der Waals surface area contributed by atoms with Crippen LogP contribution in [0.4, 0.5) is 4.79 Å². The lowest BCUT2D eigenvalue weighted by atomic mass is 9.84. The Hall–Kier alpha value is -2.96. The number of likely N-dealkylation sites (tertiary alicyclic amines) is 1. The molecule has 3 N–H and O–H groups in total. The lowest BCUT2D eigenvalue weighted by molar-refractivity contribution is -0.138. The number of hydrogen-bond donors (Lipinski definition) is 3. The van der Waals surface area contributed by atoms with Gasteiger partial charge in [-0.05, 0) is 63.0 Å². The first-order valence-electron chi connectivity index (χ1n) is 15.3. The summed E-state index contributed by atoms with van der Waals surface area (Å²) in [5.41, 5.74) is -2.52. The van der Waals surface area contributed by atoms with Crippen LogP contribution in [0.5, 0.6) is 0 Å². The molecule has 0 bridgehead atoms. The second-order valence-electron chi connectivity index (χ2n) is 14.6. The number of alkyl carbamates (subject to hydrolysis) is 1. The van der Waals surface area contributed by atoms with Gasteiger partial charge in [-0.1, -0.05) is 58.9 Å². The first-order chi connectivity index (χ1) is 20.3. The smallest absolute Gasteiger partial charge is 0.408 e. The molecule has 244 valence electrons. The lowest BCUT2D eigenvalue weighted by Crippen LogP contribution is -2.58. The van der Waals surface area contributed by atoms with Crippen LogP contribution < -0.4 is 15.4 Å². The van der Waals surface area contributed by atoms with Crippen LogP contribution in [0.25, 0.3) is 0 Å². The van der Waals surface area contributed by atoms with Gasteiger partial charge in [0, 0.05) is 12.5 Å². The minimum atomic E-state index is -4.08. The Kier molecular flexibility index (Phi) is 9.32. The summed E-state index contributed by atoms with van der Waals surface area (Å²) in [6, 6.07) is 6.58. The number of amides is 3. The zero-order valence-electron chi connectivity index (χ0n) is 27.0. The van der Waals surface area contributed by atoms with Gasteiger partial charge in [0.25, 0.3) is 15.9 Å². The molecule has 7 atom stereocenters. The maximum absolute atomic E-state index is 14.1. The molecule has 4 rings (SSSR count). The summed E-state index contributed by atoms with van der Waals surface area (Å²) in [6.07, 6.45) is 1.12. The summed E-state index contributed by atoms with van der Waals surface area (Å²) in [4.78, 5) is 42.1. The summed E-state index contributed by atoms with van der Waals surface area (Å²) in [5, 5.41) is 6.09. The number of sulfonamides is 1. The van der Waals surface area contributed by atoms with Crippen LogP contribution in [0.3, 0.4) is 0 Å². The number of carbonyl (C=O) groups is 3. The highest BCUT2D eigenvalue weighted by molar-refractivity contribution is 7.90. The average molecular weight is 633 g/mol. The van der Waals surface area contributed by atoms with Gasteiger partial charge in [-0.25, -0.2) is 17.9 Å². The monoisotopic (exact) mass is 632 g/mol. The molecule has 0 spiro atoms. The molecule has 3 fully saturated rings. The third kappa shape index (κ3) is 7.29. The van der Waals surface area contributed by atoms with Crippen molar-refractivity contribution in [2.45, 2.75) is 109 Å². The van der Waals surface area contributed by atoms with E-state index in [2.05, 4.69) is 35.8 Å². The molecule has 1 saturated carbocycles. The van der Waals surface area contributed by atoms with Crippen LogP contribution in [0.1, 0.15) is 68.2 Å². The van der Waals surface area contributed by atoms with Gasteiger partial charge in [0.05, 0.1) is 10.9 Å². The van der Waals surface area contributed by atoms with Crippen molar-refractivity contribution in [3.63, 3.8) is 0 Å². The van der Waals surface area contributed by atoms with Gasteiger partial charge in [0.2, 0.25) is 5.91 Å². The van der Waals surface area contributed by atoms with E-state index in [1.165, 1.54) is 12.1 Å². The van der Waals surface area contributed by atoms with Crippen molar-refractivity contribution in [2.75, 3.05) is 6.54 Å². The summed E-state index contributed by atoms with van der Waals surface area (Å²) in [5.74, 6) is -0.818. The van der Waals surface area contributed by atoms with Crippen molar-refractivity contribution >= 4 is 27.9 Å². The highest BCUT2D eigenvalue weighted by Gasteiger charge is 2.65. The van der Waals surface area contributed by atoms with Gasteiger partial charge >= 0.3 is 6.09 Å². The molecule has 3 amide bonds. The molecule has 0 aromatic heterocycles. The Bertz CT molecular complexity index is 1370. The molecule has 1 aromatic carbocycles. The number of hydrogen-bond acceptors (Lipinski definition) is 8. The van der Waals surface area contributed by atoms with E-state index in [1.54, 1.807) is 49.9 Å². The summed E-state index contributed by atoms with van der Waals surface area (Å²) < 4.78 is 39.7. The zero-order valence-corrected chi connectivity index (χ0v) is 27.9. The number of epoxide rings is 1. The van der Waals surface area contributed by atoms with Crippen molar-refractivity contribution in [3.8, 4) is 0 Å². The largest absolute Gasteiger partial charge is 0.444 e. The predicted molar refractivity (Wildman–Crippen MR) is 166 cm³/mol. The molecule has 2 heterocycles. The van der Waals surface area contributed by atoms with Crippen LogP contribution in [-0.4, -0.2) is 73.3 Å². The minimum Gasteiger partial charge on any atom is -0.444 e. The molecule has 3 aliphatic rings. The second kappa shape index (κ2) is 12.1. The van der Waals surface area contributed by atoms with Crippen LogP contribution in [0.15, 0.2) is 47.9 Å². The fourth-order valence-electron chi connectivity index (χ4n) is 6.18. The maximum Gasteiger partial charge on any atom is 0.408 e. The number of nitrogens with one attached hydrogen (secondary N) is 3. The minimum absolute atomic E-state index is 0.00636. The van der Waals surface area contributed by atoms with Crippen LogP contribution in [0.2, 0.25) is 0 Å². The Morgan fingerprint density at radius 3 is 2.27 bits per heavy atom. The van der Waals surface area contributed by atoms with E-state index in [0.717, 1.165) is 6.42 Å². The highest BCUT2D eigenvalue weighted by Crippen LogP contribution is 2.48. The molecular weight excluding hydrogens is 584 g/mol. The molecule has 2 saturated heterocycles. The summed E-state index contributed by atoms with van der Waals surface area (Å²) in [7, 11) is -4.08. The second-order valence-corrected chi connectivity index (χ2v) is 16.3. The fraction of sp³-hybridized carbons (Fsp3) is 0.656. The topological polar surface area (TPSA) is 146 Å². The van der Waals surface area contributed by atoms with E-state index in [4.69, 9.17) is 9.47 Å². The molecule has 1 aromatic rings. The Morgan fingerprint density at radius 1 is 1.11 bits per heavy atom. The van der Waals surface area contributed by atoms with Crippen LogP contribution >= 0.6 is 0 Å². The predicted octanol–water partition coefficient (Wildman–Crippen LogP) is 3.56. The van der Waals surface area contributed by atoms with Crippen molar-refractivity contribution in [2.24, 2.45) is 23.2 Å². The van der Waals surface area contributed by atoms with Crippen LogP contribution in [-0.2, 0) is 29.1 Å². The number of nitrogens with zero attached hydrogens (tertiary/aromatic N) is 1. The van der Waals surface area contributed by atoms with Crippen molar-refractivity contribution in [1.29, 1.82) is 0 Å². The van der Waals surface area contributed by atoms with Gasteiger partial charge in [-0.15, -0.1) is 6.58 Å². The third-order valence-corrected chi connectivity index (χ3v) is 10.0. The normalized spacial score (nSPS) is 29.1. The summed E-state index contributed by atoms with van der Waals surface area (Å²) in [6.45, 7) is 19.5. The Morgan fingerprint density at radius 2 is 1.75 bits per heavy atom. The van der Waals surface area contributed by atoms with Crippen molar-refractivity contribution in [1.82, 2.24) is 20.3 Å². The molecule has 12 heteroatoms. The SMILES string of the molecule is C=CC1C[C@]1(NC1OC1C1[C@@H](C(C)C)CCN1C(=O)C(NC(=O)OC(C)(C)C)C(C)(C)C)C(=O)NS(=O)(=O)c1ccccc1. The first kappa shape index (κ1) is 33.9.